The SMILES string of the molecule is NC1CN[C@H](C(=O)O)C1CCCBO. The Balaban J connectivity index is 2.41. The number of hydrogen-bond acceptors (Lipinski definition) is 4. The van der Waals surface area contributed by atoms with E-state index in [9.17, 15) is 4.79 Å². The first-order valence-electron chi connectivity index (χ1n) is 4.99. The molecule has 14 heavy (non-hydrogen) atoms. The standard InChI is InChI=1S/C8H17BN2O3/c10-6-4-11-7(8(12)13)5(6)2-1-3-9-14/h5-7,9,11,14H,1-4,10H2,(H,12,13)/t5?,6?,7-/m0/s1. The van der Waals surface area contributed by atoms with E-state index in [0.29, 0.717) is 6.54 Å². The van der Waals surface area contributed by atoms with E-state index in [1.165, 1.54) is 0 Å². The van der Waals surface area contributed by atoms with Gasteiger partial charge in [-0.25, -0.2) is 0 Å². The summed E-state index contributed by atoms with van der Waals surface area (Å²) in [5.74, 6) is -0.828. The molecule has 0 aliphatic carbocycles. The number of nitrogens with one attached hydrogen (secondary N) is 1. The lowest BCUT2D eigenvalue weighted by Crippen LogP contribution is -2.37. The van der Waals surface area contributed by atoms with Crippen molar-refractivity contribution in [1.29, 1.82) is 0 Å². The van der Waals surface area contributed by atoms with Crippen LogP contribution in [0.1, 0.15) is 12.8 Å². The Hall–Kier alpha value is -0.585. The largest absolute Gasteiger partial charge is 0.480 e. The molecular weight excluding hydrogens is 183 g/mol. The molecule has 1 rings (SSSR count). The topological polar surface area (TPSA) is 95.6 Å². The Labute approximate surface area is 83.9 Å². The minimum atomic E-state index is -0.827. The second kappa shape index (κ2) is 5.33. The molecule has 1 aliphatic heterocycles. The molecule has 80 valence electrons. The van der Waals surface area contributed by atoms with Crippen molar-refractivity contribution in [3.05, 3.63) is 0 Å². The van der Waals surface area contributed by atoms with Gasteiger partial charge < -0.3 is 21.2 Å². The monoisotopic (exact) mass is 200 g/mol. The Morgan fingerprint density at radius 2 is 2.36 bits per heavy atom. The molecule has 0 spiro atoms. The zero-order chi connectivity index (χ0) is 10.6. The summed E-state index contributed by atoms with van der Waals surface area (Å²) >= 11 is 0. The van der Waals surface area contributed by atoms with Crippen molar-refractivity contribution < 1.29 is 14.9 Å². The third-order valence-electron chi connectivity index (χ3n) is 2.76. The van der Waals surface area contributed by atoms with Crippen LogP contribution in [0.5, 0.6) is 0 Å². The Morgan fingerprint density at radius 1 is 1.64 bits per heavy atom. The van der Waals surface area contributed by atoms with Gasteiger partial charge in [-0.3, -0.25) is 4.79 Å². The van der Waals surface area contributed by atoms with E-state index in [2.05, 4.69) is 5.32 Å². The van der Waals surface area contributed by atoms with Gasteiger partial charge in [-0.05, 0) is 6.42 Å². The van der Waals surface area contributed by atoms with Gasteiger partial charge in [0.25, 0.3) is 7.48 Å². The lowest BCUT2D eigenvalue weighted by atomic mass is 9.85. The van der Waals surface area contributed by atoms with E-state index in [1.54, 1.807) is 0 Å². The molecule has 2 unspecified atom stereocenters. The minimum Gasteiger partial charge on any atom is -0.480 e. The molecule has 0 aromatic carbocycles. The summed E-state index contributed by atoms with van der Waals surface area (Å²) in [5, 5.41) is 20.4. The summed E-state index contributed by atoms with van der Waals surface area (Å²) < 4.78 is 0. The van der Waals surface area contributed by atoms with Crippen LogP contribution >= 0.6 is 0 Å². The molecule has 0 saturated carbocycles. The van der Waals surface area contributed by atoms with Crippen LogP contribution in [0.15, 0.2) is 0 Å². The van der Waals surface area contributed by atoms with Crippen LogP contribution in [-0.2, 0) is 4.79 Å². The molecule has 1 heterocycles. The van der Waals surface area contributed by atoms with Gasteiger partial charge >= 0.3 is 5.97 Å². The van der Waals surface area contributed by atoms with Crippen molar-refractivity contribution >= 4 is 13.5 Å². The highest BCUT2D eigenvalue weighted by atomic mass is 16.4. The molecule has 1 saturated heterocycles. The van der Waals surface area contributed by atoms with Crippen LogP contribution in [0.2, 0.25) is 6.32 Å². The molecule has 1 aliphatic rings. The zero-order valence-corrected chi connectivity index (χ0v) is 8.15. The van der Waals surface area contributed by atoms with Gasteiger partial charge in [0.05, 0.1) is 0 Å². The first-order chi connectivity index (χ1) is 6.66. The lowest BCUT2D eigenvalue weighted by molar-refractivity contribution is -0.140. The van der Waals surface area contributed by atoms with Crippen molar-refractivity contribution in [3.8, 4) is 0 Å². The van der Waals surface area contributed by atoms with E-state index >= 15 is 0 Å². The van der Waals surface area contributed by atoms with Gasteiger partial charge in [0.2, 0.25) is 0 Å². The highest BCUT2D eigenvalue weighted by Crippen LogP contribution is 2.21. The molecule has 0 radical (unpaired) electrons. The van der Waals surface area contributed by atoms with Gasteiger partial charge in [0.15, 0.2) is 0 Å². The maximum Gasteiger partial charge on any atom is 0.321 e. The van der Waals surface area contributed by atoms with Crippen LogP contribution in [-0.4, -0.2) is 42.2 Å². The highest BCUT2D eigenvalue weighted by molar-refractivity contribution is 6.25. The lowest BCUT2D eigenvalue weighted by Gasteiger charge is -2.18. The number of carboxylic acids is 1. The van der Waals surface area contributed by atoms with Crippen molar-refractivity contribution in [2.24, 2.45) is 11.7 Å². The third-order valence-corrected chi connectivity index (χ3v) is 2.76. The molecule has 0 aromatic heterocycles. The smallest absolute Gasteiger partial charge is 0.321 e. The number of nitrogens with two attached hydrogens (primary N) is 1. The fraction of sp³-hybridized carbons (Fsp3) is 0.875. The Kier molecular flexibility index (Phi) is 4.38. The Morgan fingerprint density at radius 3 is 2.93 bits per heavy atom. The summed E-state index contributed by atoms with van der Waals surface area (Å²) in [6, 6.07) is -0.585. The van der Waals surface area contributed by atoms with Crippen LogP contribution in [0.3, 0.4) is 0 Å². The van der Waals surface area contributed by atoms with Crippen LogP contribution < -0.4 is 11.1 Å². The first kappa shape index (κ1) is 11.5. The number of carboxylic acid groups (broad SMARTS) is 1. The minimum absolute atomic E-state index is 0.000880. The predicted octanol–water partition coefficient (Wildman–Crippen LogP) is -1.47. The van der Waals surface area contributed by atoms with E-state index in [0.717, 1.165) is 19.2 Å². The van der Waals surface area contributed by atoms with E-state index in [-0.39, 0.29) is 19.4 Å². The molecule has 0 amide bonds. The van der Waals surface area contributed by atoms with Gasteiger partial charge in [-0.1, -0.05) is 12.7 Å². The van der Waals surface area contributed by atoms with Gasteiger partial charge in [0, 0.05) is 18.5 Å². The summed E-state index contributed by atoms with van der Waals surface area (Å²) in [7, 11) is 0.160. The maximum atomic E-state index is 10.8. The molecule has 5 N–H and O–H groups in total. The molecule has 0 bridgehead atoms. The second-order valence-corrected chi connectivity index (χ2v) is 3.77. The summed E-state index contributed by atoms with van der Waals surface area (Å²) in [6.45, 7) is 0.570. The molecular formula is C8H17BN2O3. The number of rotatable bonds is 5. The highest BCUT2D eigenvalue weighted by Gasteiger charge is 2.37. The van der Waals surface area contributed by atoms with E-state index < -0.39 is 12.0 Å². The molecule has 5 nitrogen and oxygen atoms in total. The average Bonchev–Trinajstić information content (AvgIpc) is 2.48. The summed E-state index contributed by atoms with van der Waals surface area (Å²) in [5.41, 5.74) is 5.80. The second-order valence-electron chi connectivity index (χ2n) is 3.77. The molecule has 3 atom stereocenters. The zero-order valence-electron chi connectivity index (χ0n) is 8.15. The number of carbonyl (C=O) groups is 1. The maximum absolute atomic E-state index is 10.8. The van der Waals surface area contributed by atoms with Gasteiger partial charge in [-0.15, -0.1) is 0 Å². The summed E-state index contributed by atoms with van der Waals surface area (Å²) in [4.78, 5) is 10.8. The van der Waals surface area contributed by atoms with Crippen LogP contribution in [0, 0.1) is 5.92 Å². The predicted molar refractivity (Wildman–Crippen MR) is 54.3 cm³/mol. The fourth-order valence-corrected chi connectivity index (χ4v) is 1.96. The Bertz CT molecular complexity index is 203. The molecule has 1 fully saturated rings. The van der Waals surface area contributed by atoms with Crippen LogP contribution in [0.25, 0.3) is 0 Å². The average molecular weight is 200 g/mol. The third kappa shape index (κ3) is 2.70. The normalized spacial score (nSPS) is 31.7. The van der Waals surface area contributed by atoms with E-state index in [1.807, 2.05) is 0 Å². The van der Waals surface area contributed by atoms with Crippen LogP contribution in [0.4, 0.5) is 0 Å². The van der Waals surface area contributed by atoms with Crippen molar-refractivity contribution in [3.63, 3.8) is 0 Å². The van der Waals surface area contributed by atoms with Crippen molar-refractivity contribution in [1.82, 2.24) is 5.32 Å². The van der Waals surface area contributed by atoms with Gasteiger partial charge in [0.1, 0.15) is 6.04 Å². The summed E-state index contributed by atoms with van der Waals surface area (Å²) in [6.07, 6.45) is 2.32. The van der Waals surface area contributed by atoms with Gasteiger partial charge in [-0.2, -0.15) is 0 Å². The van der Waals surface area contributed by atoms with Crippen molar-refractivity contribution in [2.75, 3.05) is 6.54 Å². The fourth-order valence-electron chi connectivity index (χ4n) is 1.96. The number of hydrogen-bond donors (Lipinski definition) is 4. The molecule has 6 heteroatoms. The quantitative estimate of drug-likeness (QED) is 0.321. The molecule has 0 aromatic rings. The first-order valence-corrected chi connectivity index (χ1v) is 4.99. The van der Waals surface area contributed by atoms with E-state index in [4.69, 9.17) is 15.9 Å². The van der Waals surface area contributed by atoms with Crippen molar-refractivity contribution in [2.45, 2.75) is 31.2 Å². The number of aliphatic carboxylic acids is 1.